The van der Waals surface area contributed by atoms with Crippen molar-refractivity contribution in [3.63, 3.8) is 0 Å². The Morgan fingerprint density at radius 2 is 1.79 bits per heavy atom. The van der Waals surface area contributed by atoms with Gasteiger partial charge in [-0.05, 0) is 45.2 Å². The van der Waals surface area contributed by atoms with E-state index in [2.05, 4.69) is 16.0 Å². The smallest absolute Gasteiger partial charge is 0.407 e. The largest absolute Gasteiger partial charge is 0.444 e. The Kier molecular flexibility index (Phi) is 10.2. The number of carbonyl (C=O) groups excluding carboxylic acids is 5. The number of ether oxygens (including phenoxy) is 3. The number of benzene rings is 1. The molecular formula is C26H36N4O8. The van der Waals surface area contributed by atoms with Crippen molar-refractivity contribution in [2.75, 3.05) is 44.4 Å². The number of amides is 5. The van der Waals surface area contributed by atoms with Crippen LogP contribution >= 0.6 is 0 Å². The zero-order chi connectivity index (χ0) is 27.7. The van der Waals surface area contributed by atoms with Gasteiger partial charge in [-0.1, -0.05) is 18.2 Å². The van der Waals surface area contributed by atoms with E-state index in [1.807, 2.05) is 0 Å². The van der Waals surface area contributed by atoms with Crippen LogP contribution in [0.25, 0.3) is 0 Å². The second-order valence-electron chi connectivity index (χ2n) is 10.1. The molecule has 38 heavy (non-hydrogen) atoms. The maximum atomic E-state index is 13.0. The Labute approximate surface area is 221 Å². The van der Waals surface area contributed by atoms with Gasteiger partial charge in [0.2, 0.25) is 17.7 Å². The van der Waals surface area contributed by atoms with Crippen LogP contribution < -0.4 is 20.9 Å². The topological polar surface area (TPSA) is 152 Å². The molecule has 2 aliphatic rings. The fourth-order valence-corrected chi connectivity index (χ4v) is 4.19. The SMILES string of the molecule is CC(C)(C)OC(=O)NCCOCCOCC(=O)N1CC[C@@H](C(=O)N[C@H]2CCC(=O)NC2=O)c2ccccc21. The molecule has 0 spiro atoms. The van der Waals surface area contributed by atoms with E-state index in [1.54, 1.807) is 49.9 Å². The molecule has 1 fully saturated rings. The van der Waals surface area contributed by atoms with E-state index in [9.17, 15) is 24.0 Å². The summed E-state index contributed by atoms with van der Waals surface area (Å²) in [6.07, 6.45) is 0.307. The molecule has 0 saturated carbocycles. The summed E-state index contributed by atoms with van der Waals surface area (Å²) in [5.41, 5.74) is 0.751. The number of alkyl carbamates (subject to hydrolysis) is 1. The number of hydrogen-bond donors (Lipinski definition) is 3. The van der Waals surface area contributed by atoms with Gasteiger partial charge in [0.15, 0.2) is 0 Å². The molecule has 0 radical (unpaired) electrons. The predicted octanol–water partition coefficient (Wildman–Crippen LogP) is 0.986. The summed E-state index contributed by atoms with van der Waals surface area (Å²) >= 11 is 0. The van der Waals surface area contributed by atoms with Gasteiger partial charge in [-0.2, -0.15) is 0 Å². The molecule has 12 nitrogen and oxygen atoms in total. The molecule has 3 rings (SSSR count). The lowest BCUT2D eigenvalue weighted by molar-refractivity contribution is -0.137. The first kappa shape index (κ1) is 29.1. The standard InChI is InChI=1S/C26H36N4O8/c1-26(2,3)38-25(35)27-11-13-36-14-15-37-16-22(32)30-12-10-18(17-6-4-5-7-20(17)30)23(33)28-19-8-9-21(31)29-24(19)34/h4-7,18-19H,8-16H2,1-3H3,(H,27,35)(H,28,33)(H,29,31,34)/t18-,19+/m1/s1. The van der Waals surface area contributed by atoms with Crippen LogP contribution in [0.3, 0.4) is 0 Å². The number of nitrogens with zero attached hydrogens (tertiary/aromatic N) is 1. The highest BCUT2D eigenvalue weighted by molar-refractivity contribution is 6.03. The van der Waals surface area contributed by atoms with E-state index in [0.29, 0.717) is 24.2 Å². The molecule has 0 bridgehead atoms. The summed E-state index contributed by atoms with van der Waals surface area (Å²) in [6.45, 7) is 6.53. The van der Waals surface area contributed by atoms with Crippen molar-refractivity contribution in [1.82, 2.24) is 16.0 Å². The van der Waals surface area contributed by atoms with Crippen molar-refractivity contribution in [3.8, 4) is 0 Å². The minimum atomic E-state index is -0.754. The van der Waals surface area contributed by atoms with Gasteiger partial charge >= 0.3 is 6.09 Å². The number of piperidine rings is 1. The molecule has 1 saturated heterocycles. The van der Waals surface area contributed by atoms with Gasteiger partial charge in [0.25, 0.3) is 5.91 Å². The van der Waals surface area contributed by atoms with Crippen LogP contribution in [-0.2, 0) is 33.4 Å². The van der Waals surface area contributed by atoms with Crippen molar-refractivity contribution in [1.29, 1.82) is 0 Å². The second kappa shape index (κ2) is 13.3. The van der Waals surface area contributed by atoms with E-state index in [-0.39, 0.29) is 63.5 Å². The molecule has 12 heteroatoms. The Balaban J connectivity index is 1.42. The van der Waals surface area contributed by atoms with Gasteiger partial charge in [-0.15, -0.1) is 0 Å². The number of rotatable bonds is 10. The lowest BCUT2D eigenvalue weighted by atomic mass is 9.88. The first-order chi connectivity index (χ1) is 18.0. The number of para-hydroxylation sites is 1. The van der Waals surface area contributed by atoms with Crippen LogP contribution in [0.2, 0.25) is 0 Å². The van der Waals surface area contributed by atoms with Crippen LogP contribution in [0.15, 0.2) is 24.3 Å². The monoisotopic (exact) mass is 532 g/mol. The fraction of sp³-hybridized carbons (Fsp3) is 0.577. The van der Waals surface area contributed by atoms with E-state index in [4.69, 9.17) is 14.2 Å². The van der Waals surface area contributed by atoms with Gasteiger partial charge in [-0.3, -0.25) is 24.5 Å². The van der Waals surface area contributed by atoms with E-state index in [1.165, 1.54) is 0 Å². The van der Waals surface area contributed by atoms with E-state index >= 15 is 0 Å². The lowest BCUT2D eigenvalue weighted by Crippen LogP contribution is -2.53. The summed E-state index contributed by atoms with van der Waals surface area (Å²) in [4.78, 5) is 62.4. The van der Waals surface area contributed by atoms with Crippen LogP contribution in [-0.4, -0.2) is 80.9 Å². The van der Waals surface area contributed by atoms with Gasteiger partial charge in [0.05, 0.1) is 25.7 Å². The summed E-state index contributed by atoms with van der Waals surface area (Å²) < 4.78 is 16.0. The third-order valence-electron chi connectivity index (χ3n) is 5.93. The highest BCUT2D eigenvalue weighted by Gasteiger charge is 2.35. The van der Waals surface area contributed by atoms with Crippen LogP contribution in [0.1, 0.15) is 51.5 Å². The molecule has 5 amide bonds. The highest BCUT2D eigenvalue weighted by Crippen LogP contribution is 2.35. The minimum Gasteiger partial charge on any atom is -0.444 e. The maximum absolute atomic E-state index is 13.0. The third kappa shape index (κ3) is 8.52. The number of carbonyl (C=O) groups is 5. The molecule has 1 aromatic carbocycles. The quantitative estimate of drug-likeness (QED) is 0.298. The zero-order valence-corrected chi connectivity index (χ0v) is 22.0. The molecule has 2 atom stereocenters. The van der Waals surface area contributed by atoms with Crippen molar-refractivity contribution in [3.05, 3.63) is 29.8 Å². The maximum Gasteiger partial charge on any atom is 0.407 e. The Morgan fingerprint density at radius 1 is 1.05 bits per heavy atom. The Morgan fingerprint density at radius 3 is 2.53 bits per heavy atom. The van der Waals surface area contributed by atoms with Crippen LogP contribution in [0.4, 0.5) is 10.5 Å². The lowest BCUT2D eigenvalue weighted by Gasteiger charge is -2.34. The summed E-state index contributed by atoms with van der Waals surface area (Å²) in [6, 6.07) is 6.41. The van der Waals surface area contributed by atoms with Crippen molar-refractivity contribution in [2.45, 2.75) is 57.6 Å². The molecule has 2 heterocycles. The minimum absolute atomic E-state index is 0.152. The number of nitrogens with one attached hydrogen (secondary N) is 3. The number of imide groups is 1. The predicted molar refractivity (Wildman–Crippen MR) is 136 cm³/mol. The fourth-order valence-electron chi connectivity index (χ4n) is 4.19. The number of anilines is 1. The number of fused-ring (bicyclic) bond motifs is 1. The van der Waals surface area contributed by atoms with Gasteiger partial charge in [-0.25, -0.2) is 4.79 Å². The summed E-state index contributed by atoms with van der Waals surface area (Å²) in [7, 11) is 0. The molecular weight excluding hydrogens is 496 g/mol. The molecule has 3 N–H and O–H groups in total. The normalized spacial score (nSPS) is 19.3. The molecule has 208 valence electrons. The average molecular weight is 533 g/mol. The number of hydrogen-bond acceptors (Lipinski definition) is 8. The first-order valence-electron chi connectivity index (χ1n) is 12.7. The molecule has 0 aliphatic carbocycles. The molecule has 0 unspecified atom stereocenters. The third-order valence-corrected chi connectivity index (χ3v) is 5.93. The average Bonchev–Trinajstić information content (AvgIpc) is 2.85. The zero-order valence-electron chi connectivity index (χ0n) is 22.0. The van der Waals surface area contributed by atoms with Gasteiger partial charge in [0.1, 0.15) is 18.2 Å². The second-order valence-corrected chi connectivity index (χ2v) is 10.1. The summed E-state index contributed by atoms with van der Waals surface area (Å²) in [5, 5.41) is 7.58. The van der Waals surface area contributed by atoms with Crippen LogP contribution in [0, 0.1) is 0 Å². The van der Waals surface area contributed by atoms with Crippen LogP contribution in [0.5, 0.6) is 0 Å². The van der Waals surface area contributed by atoms with Crippen molar-refractivity contribution in [2.24, 2.45) is 0 Å². The molecule has 2 aliphatic heterocycles. The Bertz CT molecular complexity index is 1040. The Hall–Kier alpha value is -3.51. The van der Waals surface area contributed by atoms with Crippen molar-refractivity contribution >= 4 is 35.4 Å². The molecule has 0 aromatic heterocycles. The summed E-state index contributed by atoms with van der Waals surface area (Å²) in [5.74, 6) is -1.93. The first-order valence-corrected chi connectivity index (χ1v) is 12.7. The molecule has 1 aromatic rings. The van der Waals surface area contributed by atoms with Gasteiger partial charge < -0.3 is 29.7 Å². The van der Waals surface area contributed by atoms with Gasteiger partial charge in [0, 0.05) is 25.2 Å². The highest BCUT2D eigenvalue weighted by atomic mass is 16.6. The van der Waals surface area contributed by atoms with E-state index in [0.717, 1.165) is 0 Å². The van der Waals surface area contributed by atoms with E-state index < -0.39 is 29.6 Å². The van der Waals surface area contributed by atoms with Crippen molar-refractivity contribution < 1.29 is 38.2 Å².